The van der Waals surface area contributed by atoms with Crippen molar-refractivity contribution in [1.82, 2.24) is 14.9 Å². The van der Waals surface area contributed by atoms with Crippen LogP contribution in [0.2, 0.25) is 0 Å². The van der Waals surface area contributed by atoms with Crippen LogP contribution in [0, 0.1) is 0 Å². The molecule has 0 atom stereocenters. The molecule has 1 fully saturated rings. The van der Waals surface area contributed by atoms with Gasteiger partial charge in [-0.3, -0.25) is 4.90 Å². The second kappa shape index (κ2) is 5.11. The van der Waals surface area contributed by atoms with E-state index in [-0.39, 0.29) is 6.09 Å². The number of fused-ring (bicyclic) bond motifs is 1. The SMILES string of the molecule is CN(C)c1nc(C2CC2)nc2c1CN(C(=O)OC(C)(C)C)C2. The highest BCUT2D eigenvalue weighted by molar-refractivity contribution is 5.70. The van der Waals surface area contributed by atoms with Crippen LogP contribution in [0.25, 0.3) is 0 Å². The summed E-state index contributed by atoms with van der Waals surface area (Å²) in [7, 11) is 3.96. The topological polar surface area (TPSA) is 58.6 Å². The first kappa shape index (κ1) is 15.1. The summed E-state index contributed by atoms with van der Waals surface area (Å²) in [6.07, 6.45) is 2.05. The molecule has 1 saturated carbocycles. The van der Waals surface area contributed by atoms with Crippen LogP contribution < -0.4 is 4.90 Å². The van der Waals surface area contributed by atoms with Crippen molar-refractivity contribution in [2.24, 2.45) is 0 Å². The van der Waals surface area contributed by atoms with Crippen LogP contribution in [-0.4, -0.2) is 40.7 Å². The molecule has 1 aliphatic heterocycles. The molecule has 0 bridgehead atoms. The van der Waals surface area contributed by atoms with E-state index in [1.807, 2.05) is 39.8 Å². The molecular formula is C16H24N4O2. The van der Waals surface area contributed by atoms with Crippen LogP contribution in [0.4, 0.5) is 10.6 Å². The number of nitrogens with zero attached hydrogens (tertiary/aromatic N) is 4. The number of amides is 1. The van der Waals surface area contributed by atoms with Gasteiger partial charge in [-0.05, 0) is 33.6 Å². The van der Waals surface area contributed by atoms with Crippen LogP contribution >= 0.6 is 0 Å². The number of ether oxygens (including phenoxy) is 1. The molecular weight excluding hydrogens is 280 g/mol. The standard InChI is InChI=1S/C16H24N4O2/c1-16(2,3)22-15(21)20-8-11-12(9-20)17-13(10-6-7-10)18-14(11)19(4)5/h10H,6-9H2,1-5H3. The fourth-order valence-electron chi connectivity index (χ4n) is 2.61. The van der Waals surface area contributed by atoms with Gasteiger partial charge in [-0.1, -0.05) is 0 Å². The summed E-state index contributed by atoms with van der Waals surface area (Å²) in [6.45, 7) is 6.66. The number of aromatic nitrogens is 2. The van der Waals surface area contributed by atoms with E-state index in [4.69, 9.17) is 14.7 Å². The van der Waals surface area contributed by atoms with Crippen molar-refractivity contribution < 1.29 is 9.53 Å². The molecule has 1 aliphatic carbocycles. The first-order valence-electron chi connectivity index (χ1n) is 7.79. The quantitative estimate of drug-likeness (QED) is 0.840. The van der Waals surface area contributed by atoms with Crippen LogP contribution in [0.3, 0.4) is 0 Å². The third-order valence-corrected chi connectivity index (χ3v) is 3.80. The zero-order valence-electron chi connectivity index (χ0n) is 14.0. The minimum absolute atomic E-state index is 0.289. The molecule has 1 aromatic heterocycles. The number of hydrogen-bond donors (Lipinski definition) is 0. The molecule has 0 saturated heterocycles. The average molecular weight is 304 g/mol. The number of anilines is 1. The first-order chi connectivity index (χ1) is 10.2. The van der Waals surface area contributed by atoms with Gasteiger partial charge < -0.3 is 9.64 Å². The second-order valence-corrected chi connectivity index (χ2v) is 7.34. The van der Waals surface area contributed by atoms with E-state index in [9.17, 15) is 4.79 Å². The van der Waals surface area contributed by atoms with Crippen LogP contribution in [0.15, 0.2) is 0 Å². The minimum Gasteiger partial charge on any atom is -0.444 e. The third kappa shape index (κ3) is 3.00. The maximum Gasteiger partial charge on any atom is 0.410 e. The summed E-state index contributed by atoms with van der Waals surface area (Å²) in [5.74, 6) is 2.35. The molecule has 0 unspecified atom stereocenters. The average Bonchev–Trinajstić information content (AvgIpc) is 3.14. The Labute approximate surface area is 131 Å². The lowest BCUT2D eigenvalue weighted by Crippen LogP contribution is -2.33. The highest BCUT2D eigenvalue weighted by Gasteiger charge is 2.34. The Morgan fingerprint density at radius 2 is 1.91 bits per heavy atom. The molecule has 1 amide bonds. The molecule has 6 nitrogen and oxygen atoms in total. The minimum atomic E-state index is -0.485. The Balaban J connectivity index is 1.85. The fraction of sp³-hybridized carbons (Fsp3) is 0.688. The van der Waals surface area contributed by atoms with Crippen molar-refractivity contribution in [3.05, 3.63) is 17.1 Å². The van der Waals surface area contributed by atoms with Crippen molar-refractivity contribution in [1.29, 1.82) is 0 Å². The summed E-state index contributed by atoms with van der Waals surface area (Å²) < 4.78 is 5.47. The van der Waals surface area contributed by atoms with Gasteiger partial charge in [-0.25, -0.2) is 14.8 Å². The Bertz CT molecular complexity index is 603. The number of rotatable bonds is 2. The third-order valence-electron chi connectivity index (χ3n) is 3.80. The van der Waals surface area contributed by atoms with Crippen LogP contribution in [0.1, 0.15) is 56.6 Å². The van der Waals surface area contributed by atoms with Gasteiger partial charge in [0.15, 0.2) is 0 Å². The van der Waals surface area contributed by atoms with Crippen LogP contribution in [0.5, 0.6) is 0 Å². The van der Waals surface area contributed by atoms with E-state index in [2.05, 4.69) is 0 Å². The van der Waals surface area contributed by atoms with E-state index < -0.39 is 5.60 Å². The summed E-state index contributed by atoms with van der Waals surface area (Å²) >= 11 is 0. The monoisotopic (exact) mass is 304 g/mol. The van der Waals surface area contributed by atoms with Crippen molar-refractivity contribution in [2.45, 2.75) is 58.2 Å². The lowest BCUT2D eigenvalue weighted by Gasteiger charge is -2.24. The van der Waals surface area contributed by atoms with Gasteiger partial charge in [0.1, 0.15) is 17.2 Å². The maximum atomic E-state index is 12.3. The van der Waals surface area contributed by atoms with Crippen molar-refractivity contribution in [3.8, 4) is 0 Å². The molecule has 3 rings (SSSR count). The number of hydrogen-bond acceptors (Lipinski definition) is 5. The Kier molecular flexibility index (Phi) is 3.50. The zero-order chi connectivity index (χ0) is 16.1. The Hall–Kier alpha value is -1.85. The van der Waals surface area contributed by atoms with E-state index in [1.54, 1.807) is 4.90 Å². The molecule has 6 heteroatoms. The van der Waals surface area contributed by atoms with Crippen molar-refractivity contribution >= 4 is 11.9 Å². The maximum absolute atomic E-state index is 12.3. The van der Waals surface area contributed by atoms with Gasteiger partial charge in [0.25, 0.3) is 0 Å². The molecule has 0 spiro atoms. The summed E-state index contributed by atoms with van der Waals surface area (Å²) in [5.41, 5.74) is 1.52. The zero-order valence-corrected chi connectivity index (χ0v) is 14.0. The van der Waals surface area contributed by atoms with E-state index in [0.717, 1.165) is 22.9 Å². The summed E-state index contributed by atoms with van der Waals surface area (Å²) in [4.78, 5) is 25.4. The normalized spacial score (nSPS) is 17.4. The van der Waals surface area contributed by atoms with E-state index in [1.165, 1.54) is 12.8 Å². The van der Waals surface area contributed by atoms with Crippen molar-refractivity contribution in [2.75, 3.05) is 19.0 Å². The fourth-order valence-corrected chi connectivity index (χ4v) is 2.61. The second-order valence-electron chi connectivity index (χ2n) is 7.34. The smallest absolute Gasteiger partial charge is 0.410 e. The molecule has 2 heterocycles. The highest BCUT2D eigenvalue weighted by atomic mass is 16.6. The molecule has 2 aliphatic rings. The first-order valence-corrected chi connectivity index (χ1v) is 7.79. The molecule has 0 N–H and O–H groups in total. The van der Waals surface area contributed by atoms with Crippen molar-refractivity contribution in [3.63, 3.8) is 0 Å². The van der Waals surface area contributed by atoms with Gasteiger partial charge in [0.2, 0.25) is 0 Å². The highest BCUT2D eigenvalue weighted by Crippen LogP contribution is 2.40. The summed E-state index contributed by atoms with van der Waals surface area (Å²) in [6, 6.07) is 0. The predicted octanol–water partition coefficient (Wildman–Crippen LogP) is 2.67. The van der Waals surface area contributed by atoms with Gasteiger partial charge in [-0.15, -0.1) is 0 Å². The van der Waals surface area contributed by atoms with Gasteiger partial charge in [0, 0.05) is 25.6 Å². The van der Waals surface area contributed by atoms with Gasteiger partial charge in [-0.2, -0.15) is 0 Å². The van der Waals surface area contributed by atoms with Crippen LogP contribution in [-0.2, 0) is 17.8 Å². The lowest BCUT2D eigenvalue weighted by molar-refractivity contribution is 0.0241. The number of carbonyl (C=O) groups excluding carboxylic acids is 1. The number of carbonyl (C=O) groups is 1. The molecule has 0 radical (unpaired) electrons. The Morgan fingerprint density at radius 3 is 2.45 bits per heavy atom. The largest absolute Gasteiger partial charge is 0.444 e. The molecule has 120 valence electrons. The Morgan fingerprint density at radius 1 is 1.23 bits per heavy atom. The predicted molar refractivity (Wildman–Crippen MR) is 83.8 cm³/mol. The summed E-state index contributed by atoms with van der Waals surface area (Å²) in [5, 5.41) is 0. The molecule has 1 aromatic rings. The molecule has 0 aromatic carbocycles. The van der Waals surface area contributed by atoms with Gasteiger partial charge in [0.05, 0.1) is 18.8 Å². The van der Waals surface area contributed by atoms with Gasteiger partial charge >= 0.3 is 6.09 Å². The van der Waals surface area contributed by atoms with E-state index in [0.29, 0.717) is 19.0 Å². The lowest BCUT2D eigenvalue weighted by atomic mass is 10.2. The van der Waals surface area contributed by atoms with E-state index >= 15 is 0 Å². The molecule has 22 heavy (non-hydrogen) atoms.